The molecule has 2 N–H and O–H groups in total. The summed E-state index contributed by atoms with van der Waals surface area (Å²) in [4.78, 5) is 21.2. The first kappa shape index (κ1) is 10.9. The predicted molar refractivity (Wildman–Crippen MR) is 57.9 cm³/mol. The van der Waals surface area contributed by atoms with E-state index in [1.165, 1.54) is 19.2 Å². The number of rotatable bonds is 3. The van der Waals surface area contributed by atoms with Crippen LogP contribution in [0.25, 0.3) is 11.0 Å². The van der Waals surface area contributed by atoms with E-state index in [9.17, 15) is 14.9 Å². The molecule has 1 amide bonds. The van der Waals surface area contributed by atoms with E-state index >= 15 is 0 Å². The molecule has 0 aliphatic carbocycles. The van der Waals surface area contributed by atoms with Gasteiger partial charge in [0.1, 0.15) is 0 Å². The van der Waals surface area contributed by atoms with Gasteiger partial charge in [0.25, 0.3) is 5.91 Å². The molecule has 0 atom stereocenters. The number of furan rings is 1. The van der Waals surface area contributed by atoms with Crippen LogP contribution in [0.2, 0.25) is 0 Å². The summed E-state index contributed by atoms with van der Waals surface area (Å²) in [5.41, 5.74) is 4.69. The lowest BCUT2D eigenvalue weighted by Gasteiger charge is -2.00. The summed E-state index contributed by atoms with van der Waals surface area (Å²) in [6, 6.07) is 4.34. The number of fused-ring (bicyclic) bond motifs is 1. The third kappa shape index (κ3) is 1.67. The third-order valence-corrected chi connectivity index (χ3v) is 2.27. The molecule has 0 fully saturated rings. The molecule has 0 aliphatic heterocycles. The molecule has 17 heavy (non-hydrogen) atoms. The monoisotopic (exact) mass is 236 g/mol. The SMILES string of the molecule is COc1ccc2cc(C(N)=O)oc2c1[N+](=O)[O-]. The van der Waals surface area contributed by atoms with Gasteiger partial charge in [-0.25, -0.2) is 0 Å². The highest BCUT2D eigenvalue weighted by molar-refractivity contribution is 5.98. The van der Waals surface area contributed by atoms with Crippen molar-refractivity contribution in [2.45, 2.75) is 0 Å². The Kier molecular flexibility index (Phi) is 2.43. The molecule has 1 heterocycles. The molecule has 0 radical (unpaired) electrons. The molecule has 0 saturated heterocycles. The third-order valence-electron chi connectivity index (χ3n) is 2.27. The van der Waals surface area contributed by atoms with Gasteiger partial charge in [-0.3, -0.25) is 14.9 Å². The van der Waals surface area contributed by atoms with Gasteiger partial charge in [0.15, 0.2) is 5.76 Å². The van der Waals surface area contributed by atoms with E-state index in [-0.39, 0.29) is 22.8 Å². The van der Waals surface area contributed by atoms with Crippen LogP contribution in [-0.4, -0.2) is 17.9 Å². The van der Waals surface area contributed by atoms with Crippen LogP contribution >= 0.6 is 0 Å². The number of carbonyl (C=O) groups excluding carboxylic acids is 1. The van der Waals surface area contributed by atoms with E-state index < -0.39 is 10.8 Å². The quantitative estimate of drug-likeness (QED) is 0.640. The molecule has 7 heteroatoms. The molecule has 2 rings (SSSR count). The second-order valence-electron chi connectivity index (χ2n) is 3.27. The van der Waals surface area contributed by atoms with E-state index in [0.29, 0.717) is 5.39 Å². The largest absolute Gasteiger partial charge is 0.490 e. The first-order valence-electron chi connectivity index (χ1n) is 4.59. The van der Waals surface area contributed by atoms with Crippen molar-refractivity contribution >= 4 is 22.6 Å². The number of methoxy groups -OCH3 is 1. The van der Waals surface area contributed by atoms with Crippen LogP contribution in [0.1, 0.15) is 10.6 Å². The van der Waals surface area contributed by atoms with Gasteiger partial charge in [0.05, 0.1) is 12.0 Å². The average molecular weight is 236 g/mol. The Morgan fingerprint density at radius 3 is 2.76 bits per heavy atom. The van der Waals surface area contributed by atoms with Gasteiger partial charge in [-0.1, -0.05) is 0 Å². The van der Waals surface area contributed by atoms with E-state index in [1.54, 1.807) is 6.07 Å². The smallest absolute Gasteiger partial charge is 0.353 e. The predicted octanol–water partition coefficient (Wildman–Crippen LogP) is 1.45. The van der Waals surface area contributed by atoms with Gasteiger partial charge in [0, 0.05) is 5.39 Å². The van der Waals surface area contributed by atoms with Crippen molar-refractivity contribution in [2.75, 3.05) is 7.11 Å². The molecule has 0 saturated carbocycles. The summed E-state index contributed by atoms with van der Waals surface area (Å²) in [5.74, 6) is -0.848. The second kappa shape index (κ2) is 3.78. The summed E-state index contributed by atoms with van der Waals surface area (Å²) in [6.45, 7) is 0. The summed E-state index contributed by atoms with van der Waals surface area (Å²) in [5, 5.41) is 11.3. The number of ether oxygens (including phenoxy) is 1. The van der Waals surface area contributed by atoms with Crippen molar-refractivity contribution in [2.24, 2.45) is 5.73 Å². The van der Waals surface area contributed by atoms with Crippen molar-refractivity contribution in [1.82, 2.24) is 0 Å². The van der Waals surface area contributed by atoms with Crippen LogP contribution in [0.3, 0.4) is 0 Å². The highest BCUT2D eigenvalue weighted by atomic mass is 16.6. The zero-order valence-corrected chi connectivity index (χ0v) is 8.80. The average Bonchev–Trinajstić information content (AvgIpc) is 2.70. The minimum Gasteiger partial charge on any atom is -0.490 e. The van der Waals surface area contributed by atoms with E-state index in [1.807, 2.05) is 0 Å². The van der Waals surface area contributed by atoms with Crippen LogP contribution < -0.4 is 10.5 Å². The molecule has 88 valence electrons. The van der Waals surface area contributed by atoms with E-state index in [4.69, 9.17) is 14.9 Å². The molecular formula is C10H8N2O5. The number of nitrogens with zero attached hydrogens (tertiary/aromatic N) is 1. The normalized spacial score (nSPS) is 10.4. The Morgan fingerprint density at radius 1 is 1.53 bits per heavy atom. The summed E-state index contributed by atoms with van der Waals surface area (Å²) in [6.07, 6.45) is 0. The zero-order valence-electron chi connectivity index (χ0n) is 8.80. The summed E-state index contributed by atoms with van der Waals surface area (Å²) in [7, 11) is 1.31. The van der Waals surface area contributed by atoms with Gasteiger partial charge in [-0.2, -0.15) is 0 Å². The zero-order chi connectivity index (χ0) is 12.6. The minimum absolute atomic E-state index is 0.0249. The molecule has 0 spiro atoms. The fourth-order valence-electron chi connectivity index (χ4n) is 1.53. The van der Waals surface area contributed by atoms with Crippen molar-refractivity contribution in [1.29, 1.82) is 0 Å². The fourth-order valence-corrected chi connectivity index (χ4v) is 1.53. The molecule has 2 aromatic rings. The standard InChI is InChI=1S/C10H8N2O5/c1-16-6-3-2-5-4-7(10(11)13)17-9(5)8(6)12(14)15/h2-4H,1H3,(H2,11,13). The van der Waals surface area contributed by atoms with Crippen LogP contribution in [0.5, 0.6) is 5.75 Å². The number of nitrogens with two attached hydrogens (primary N) is 1. The minimum atomic E-state index is -0.783. The maximum Gasteiger partial charge on any atom is 0.353 e. The van der Waals surface area contributed by atoms with E-state index in [0.717, 1.165) is 0 Å². The van der Waals surface area contributed by atoms with Crippen molar-refractivity contribution in [3.8, 4) is 5.75 Å². The Labute approximate surface area is 94.9 Å². The van der Waals surface area contributed by atoms with Crippen molar-refractivity contribution < 1.29 is 18.9 Å². The topological polar surface area (TPSA) is 109 Å². The van der Waals surface area contributed by atoms with Gasteiger partial charge >= 0.3 is 5.69 Å². The molecule has 0 unspecified atom stereocenters. The van der Waals surface area contributed by atoms with Crippen LogP contribution in [0, 0.1) is 10.1 Å². The fraction of sp³-hybridized carbons (Fsp3) is 0.100. The van der Waals surface area contributed by atoms with Gasteiger partial charge in [-0.15, -0.1) is 0 Å². The Balaban J connectivity index is 2.80. The van der Waals surface area contributed by atoms with Crippen LogP contribution in [-0.2, 0) is 0 Å². The Bertz CT molecular complexity index is 616. The lowest BCUT2D eigenvalue weighted by atomic mass is 10.2. The number of hydrogen-bond donors (Lipinski definition) is 1. The Hall–Kier alpha value is -2.57. The number of benzene rings is 1. The Morgan fingerprint density at radius 2 is 2.24 bits per heavy atom. The number of amides is 1. The number of nitro benzene ring substituents is 1. The summed E-state index contributed by atoms with van der Waals surface area (Å²) < 4.78 is 9.93. The maximum absolute atomic E-state index is 10.9. The first-order chi connectivity index (χ1) is 8.04. The maximum atomic E-state index is 10.9. The molecule has 1 aromatic carbocycles. The number of carbonyl (C=O) groups is 1. The molecule has 0 aliphatic rings. The molecule has 7 nitrogen and oxygen atoms in total. The van der Waals surface area contributed by atoms with Gasteiger partial charge in [0.2, 0.25) is 11.3 Å². The number of primary amides is 1. The second-order valence-corrected chi connectivity index (χ2v) is 3.27. The lowest BCUT2D eigenvalue weighted by Crippen LogP contribution is -2.09. The molecule has 0 bridgehead atoms. The summed E-state index contributed by atoms with van der Waals surface area (Å²) >= 11 is 0. The van der Waals surface area contributed by atoms with Crippen molar-refractivity contribution in [3.63, 3.8) is 0 Å². The van der Waals surface area contributed by atoms with Crippen molar-refractivity contribution in [3.05, 3.63) is 34.1 Å². The first-order valence-corrected chi connectivity index (χ1v) is 4.59. The van der Waals surface area contributed by atoms with Gasteiger partial charge < -0.3 is 14.9 Å². The molecular weight excluding hydrogens is 228 g/mol. The highest BCUT2D eigenvalue weighted by Gasteiger charge is 2.24. The van der Waals surface area contributed by atoms with Crippen LogP contribution in [0.15, 0.2) is 22.6 Å². The molecule has 1 aromatic heterocycles. The van der Waals surface area contributed by atoms with E-state index in [2.05, 4.69) is 0 Å². The number of nitro groups is 1. The van der Waals surface area contributed by atoms with Crippen LogP contribution in [0.4, 0.5) is 5.69 Å². The lowest BCUT2D eigenvalue weighted by molar-refractivity contribution is -0.384. The highest BCUT2D eigenvalue weighted by Crippen LogP contribution is 2.36. The van der Waals surface area contributed by atoms with Gasteiger partial charge in [-0.05, 0) is 18.2 Å². The number of hydrogen-bond acceptors (Lipinski definition) is 5.